The van der Waals surface area contributed by atoms with E-state index in [2.05, 4.69) is 6.58 Å². The molecule has 1 aromatic heterocycles. The summed E-state index contributed by atoms with van der Waals surface area (Å²) in [6, 6.07) is 58.6. The van der Waals surface area contributed by atoms with Gasteiger partial charge < -0.3 is 19.0 Å². The molecule has 1 N–H and O–H groups in total. The third-order valence-corrected chi connectivity index (χ3v) is 17.0. The van der Waals surface area contributed by atoms with Crippen molar-refractivity contribution in [3.63, 3.8) is 0 Å². The van der Waals surface area contributed by atoms with E-state index < -0.39 is 60.3 Å². The van der Waals surface area contributed by atoms with Crippen LogP contribution in [-0.4, -0.2) is 40.6 Å². The van der Waals surface area contributed by atoms with E-state index in [1.165, 1.54) is 49.6 Å². The van der Waals surface area contributed by atoms with E-state index in [0.717, 1.165) is 37.9 Å². The van der Waals surface area contributed by atoms with E-state index in [1.807, 2.05) is 159 Å². The van der Waals surface area contributed by atoms with Crippen LogP contribution in [0.4, 0.5) is 30.7 Å². The first-order chi connectivity index (χ1) is 32.7. The molecule has 0 aliphatic rings. The van der Waals surface area contributed by atoms with Crippen molar-refractivity contribution in [1.29, 1.82) is 0 Å². The molecular weight excluding hydrogens is 1090 g/mol. The first kappa shape index (κ1) is 55.2. The van der Waals surface area contributed by atoms with Crippen molar-refractivity contribution in [2.45, 2.75) is 24.9 Å². The fraction of sp³-hybridized carbons (Fsp3) is 0.0943. The zero-order chi connectivity index (χ0) is 50.2. The summed E-state index contributed by atoms with van der Waals surface area (Å²) < 4.78 is 125. The van der Waals surface area contributed by atoms with Gasteiger partial charge in [0.15, 0.2) is 14.3 Å². The number of alkyl halides is 7. The van der Waals surface area contributed by atoms with Crippen LogP contribution in [0, 0.1) is 49.4 Å². The number of aromatic nitrogens is 1. The normalized spacial score (nSPS) is 11.7. The number of halogens is 7. The van der Waals surface area contributed by atoms with Crippen LogP contribution < -0.4 is 36.8 Å². The number of hydrogen-bond acceptors (Lipinski definition) is 6. The van der Waals surface area contributed by atoms with Gasteiger partial charge in [0, 0.05) is 93.0 Å². The molecule has 0 saturated carbocycles. The predicted molar refractivity (Wildman–Crippen MR) is 258 cm³/mol. The largest absolute Gasteiger partial charge is 0.506 e. The second-order valence-corrected chi connectivity index (χ2v) is 21.0. The Morgan fingerprint density at radius 1 is 0.586 bits per heavy atom. The molecule has 1 heterocycles. The van der Waals surface area contributed by atoms with E-state index >= 15 is 0 Å². The number of para-hydroxylation sites is 1. The van der Waals surface area contributed by atoms with Crippen LogP contribution >= 0.6 is 14.3 Å². The number of allylic oxidation sites excluding steroid dienone is 1. The Morgan fingerprint density at radius 2 is 0.943 bits per heavy atom. The molecule has 8 rings (SSSR count). The number of carbonyl (C=O) groups excluding carboxylic acids is 1. The molecule has 361 valence electrons. The van der Waals surface area contributed by atoms with Crippen molar-refractivity contribution in [2.24, 2.45) is 0 Å². The number of ketones is 1. The van der Waals surface area contributed by atoms with E-state index in [1.54, 1.807) is 0 Å². The molecule has 0 bridgehead atoms. The molecule has 70 heavy (non-hydrogen) atoms. The van der Waals surface area contributed by atoms with E-state index in [9.17, 15) is 54.6 Å². The predicted octanol–water partition coefficient (Wildman–Crippen LogP) is 11.6. The molecule has 7 aromatic carbocycles. The molecule has 0 aliphatic heterocycles. The number of methoxy groups -OCH3 is 1. The van der Waals surface area contributed by atoms with Gasteiger partial charge in [-0.25, -0.2) is 0 Å². The monoisotopic (exact) mass is 1140 g/mol. The van der Waals surface area contributed by atoms with Crippen LogP contribution in [0.25, 0.3) is 16.6 Å². The van der Waals surface area contributed by atoms with Gasteiger partial charge in [0.05, 0.1) is 12.6 Å². The fourth-order valence-electron chi connectivity index (χ4n) is 7.22. The zero-order valence-corrected chi connectivity index (χ0v) is 41.3. The summed E-state index contributed by atoms with van der Waals surface area (Å²) in [7, 11) is -4.21. The molecule has 8 aromatic rings. The standard InChI is InChI=1S/C20H12F7NO4.C18H15OP.C15H15OP.Eu/c1-32-11-7-8-12-13(9-11)28(10-5-3-2-4-6-10)17(31)14(15(12)29)16(30)18(21,22)19(23,24)20(25,26)27;19-20(16-10-4-1-5-11-16,17-12-6-2-7-13-17)18-14-8-3-9-15-18;1-13(2)17(16,14-9-5-3-6-10-14)15-11-7-4-8-12-15;/h2-9,29H,1H3;1-15H;3-12H,1H2,2H3;. The fourth-order valence-corrected chi connectivity index (χ4v) is 12.3. The summed E-state index contributed by atoms with van der Waals surface area (Å²) >= 11 is 0. The summed E-state index contributed by atoms with van der Waals surface area (Å²) in [4.78, 5) is 25.2. The van der Waals surface area contributed by atoms with Crippen molar-refractivity contribution >= 4 is 57.5 Å². The van der Waals surface area contributed by atoms with Gasteiger partial charge in [-0.3, -0.25) is 14.2 Å². The smallest absolute Gasteiger partial charge is 0.460 e. The van der Waals surface area contributed by atoms with Crippen molar-refractivity contribution in [3.05, 3.63) is 228 Å². The molecule has 0 spiro atoms. The van der Waals surface area contributed by atoms with Gasteiger partial charge >= 0.3 is 18.0 Å². The van der Waals surface area contributed by atoms with Gasteiger partial charge in [0.25, 0.3) is 5.56 Å². The number of hydrogen-bond donors (Lipinski definition) is 1. The van der Waals surface area contributed by atoms with Gasteiger partial charge in [0.2, 0.25) is 5.78 Å². The van der Waals surface area contributed by atoms with Gasteiger partial charge in [-0.05, 0) is 36.5 Å². The molecule has 17 heteroatoms. The zero-order valence-electron chi connectivity index (χ0n) is 37.1. The summed E-state index contributed by atoms with van der Waals surface area (Å²) in [5, 5.41) is 14.9. The van der Waals surface area contributed by atoms with Crippen LogP contribution in [0.3, 0.4) is 0 Å². The van der Waals surface area contributed by atoms with E-state index in [4.69, 9.17) is 4.74 Å². The summed E-state index contributed by atoms with van der Waals surface area (Å²) in [6.07, 6.45) is -6.80. The number of ether oxygens (including phenoxy) is 1. The van der Waals surface area contributed by atoms with E-state index in [-0.39, 0.29) is 66.3 Å². The topological polar surface area (TPSA) is 103 Å². The number of benzene rings is 7. The summed E-state index contributed by atoms with van der Waals surface area (Å²) in [5.74, 6) is -17.7. The summed E-state index contributed by atoms with van der Waals surface area (Å²) in [5.41, 5.74) is -3.87. The van der Waals surface area contributed by atoms with Crippen molar-refractivity contribution in [3.8, 4) is 17.2 Å². The molecule has 1 radical (unpaired) electrons. The summed E-state index contributed by atoms with van der Waals surface area (Å²) in [6.45, 7) is 5.75. The second-order valence-electron chi connectivity index (χ2n) is 15.2. The Bertz CT molecular complexity index is 3070. The van der Waals surface area contributed by atoms with Crippen LogP contribution in [0.5, 0.6) is 11.5 Å². The molecule has 0 aliphatic carbocycles. The number of fused-ring (bicyclic) bond motifs is 1. The Balaban J connectivity index is 0.000000207. The Labute approximate surface area is 439 Å². The number of aromatic hydroxyl groups is 1. The van der Waals surface area contributed by atoms with Gasteiger partial charge in [-0.1, -0.05) is 176 Å². The van der Waals surface area contributed by atoms with Crippen LogP contribution in [0.1, 0.15) is 17.3 Å². The van der Waals surface area contributed by atoms with Crippen molar-refractivity contribution < 1.29 is 104 Å². The maximum atomic E-state index is 14.1. The number of carbonyl (C=O) groups is 1. The van der Waals surface area contributed by atoms with Crippen LogP contribution in [-0.2, 0) is 9.13 Å². The Kier molecular flexibility index (Phi) is 18.2. The third-order valence-electron chi connectivity index (χ3n) is 10.8. The number of Topliss-reactive ketones (excluding diaryl/α,β-unsaturated/α-hetero) is 1. The Morgan fingerprint density at radius 3 is 1.29 bits per heavy atom. The molecule has 0 fully saturated rings. The first-order valence-electron chi connectivity index (χ1n) is 20.8. The molecule has 0 amide bonds. The maximum Gasteiger partial charge on any atom is 0.460 e. The van der Waals surface area contributed by atoms with Gasteiger partial charge in [-0.2, -0.15) is 30.7 Å². The minimum atomic E-state index is -6.80. The van der Waals surface area contributed by atoms with Gasteiger partial charge in [0.1, 0.15) is 17.1 Å². The van der Waals surface area contributed by atoms with Crippen molar-refractivity contribution in [1.82, 2.24) is 4.57 Å². The minimum Gasteiger partial charge on any atom is -0.506 e. The number of nitrogens with zero attached hydrogens (tertiary/aromatic N) is 1. The molecule has 7 nitrogen and oxygen atoms in total. The second kappa shape index (κ2) is 23.0. The quantitative estimate of drug-likeness (QED) is 0.0786. The maximum absolute atomic E-state index is 14.1. The van der Waals surface area contributed by atoms with Gasteiger partial charge in [-0.15, -0.1) is 0 Å². The molecule has 0 atom stereocenters. The number of rotatable bonds is 11. The average Bonchev–Trinajstić information content (AvgIpc) is 3.37. The third kappa shape index (κ3) is 11.1. The van der Waals surface area contributed by atoms with E-state index in [0.29, 0.717) is 4.57 Å². The molecule has 0 unspecified atom stereocenters. The van der Waals surface area contributed by atoms with Crippen LogP contribution in [0.2, 0.25) is 0 Å². The Hall–Kier alpha value is -5.69. The minimum absolute atomic E-state index is 0. The molecule has 0 saturated heterocycles. The van der Waals surface area contributed by atoms with Crippen molar-refractivity contribution in [2.75, 3.05) is 7.11 Å². The average molecular weight is 1140 g/mol. The SMILES string of the molecule is C=C(C)P(=O)(c1ccccc1)c1ccccc1.COc1ccc2c(O)c(C(=O)C(F)(F)C(F)(F)C(F)(F)F)c(=O)n(-c3ccccc3)c2c1.O=P(c1ccccc1)(c1ccccc1)c1ccccc1.[Eu]. The molecular formula is C53H42EuF7NO6P2. The number of pyridine rings is 1. The van der Waals surface area contributed by atoms with Crippen LogP contribution in [0.15, 0.2) is 217 Å². The first-order valence-corrected chi connectivity index (χ1v) is 24.2.